The number of amides is 1. The number of rotatable bonds is 5. The summed E-state index contributed by atoms with van der Waals surface area (Å²) in [4.78, 5) is 12.6. The van der Waals surface area contributed by atoms with Crippen LogP contribution in [-0.2, 0) is 0 Å². The van der Waals surface area contributed by atoms with E-state index in [0.29, 0.717) is 11.4 Å². The zero-order chi connectivity index (χ0) is 13.7. The summed E-state index contributed by atoms with van der Waals surface area (Å²) in [5, 5.41) is 2.98. The molecule has 0 heterocycles. The first-order valence-corrected chi connectivity index (χ1v) is 6.51. The predicted octanol–water partition coefficient (Wildman–Crippen LogP) is 2.49. The van der Waals surface area contributed by atoms with Crippen molar-refractivity contribution in [2.45, 2.75) is 39.7 Å². The lowest BCUT2D eigenvalue weighted by Crippen LogP contribution is -2.37. The molecule has 1 unspecified atom stereocenters. The van der Waals surface area contributed by atoms with E-state index in [2.05, 4.69) is 5.32 Å². The van der Waals surface area contributed by atoms with Crippen LogP contribution in [0.2, 0.25) is 0 Å². The van der Waals surface area contributed by atoms with Crippen LogP contribution in [0, 0.1) is 13.8 Å². The lowest BCUT2D eigenvalue weighted by atomic mass is 10.0. The lowest BCUT2D eigenvalue weighted by Gasteiger charge is -2.17. The molecule has 0 radical (unpaired) electrons. The van der Waals surface area contributed by atoms with E-state index < -0.39 is 0 Å². The Hall–Kier alpha value is -1.42. The fourth-order valence-corrected chi connectivity index (χ4v) is 1.99. The summed E-state index contributed by atoms with van der Waals surface area (Å²) >= 11 is 4.88. The second-order valence-electron chi connectivity index (χ2n) is 4.57. The van der Waals surface area contributed by atoms with Crippen LogP contribution in [0.15, 0.2) is 18.2 Å². The maximum atomic E-state index is 12.2. The summed E-state index contributed by atoms with van der Waals surface area (Å²) in [5.74, 6) is -0.0562. The van der Waals surface area contributed by atoms with Crippen molar-refractivity contribution in [2.75, 3.05) is 0 Å². The quantitative estimate of drug-likeness (QED) is 0.803. The van der Waals surface area contributed by atoms with Gasteiger partial charge in [-0.25, -0.2) is 0 Å². The molecule has 1 aromatic carbocycles. The Morgan fingerprint density at radius 2 is 2.11 bits per heavy atom. The molecule has 0 bridgehead atoms. The second-order valence-corrected chi connectivity index (χ2v) is 5.09. The number of aryl methyl sites for hydroxylation is 2. The van der Waals surface area contributed by atoms with Crippen LogP contribution in [-0.4, -0.2) is 16.9 Å². The molecule has 3 N–H and O–H groups in total. The van der Waals surface area contributed by atoms with Crippen molar-refractivity contribution in [1.29, 1.82) is 0 Å². The number of nitrogens with two attached hydrogens (primary N) is 1. The molecule has 0 aliphatic carbocycles. The predicted molar refractivity (Wildman–Crippen MR) is 78.9 cm³/mol. The van der Waals surface area contributed by atoms with Gasteiger partial charge in [-0.2, -0.15) is 0 Å². The van der Waals surface area contributed by atoms with Crippen molar-refractivity contribution in [3.8, 4) is 0 Å². The first kappa shape index (κ1) is 14.6. The van der Waals surface area contributed by atoms with E-state index in [9.17, 15) is 4.79 Å². The molecule has 0 saturated carbocycles. The summed E-state index contributed by atoms with van der Waals surface area (Å²) in [6.07, 6.45) is 1.36. The van der Waals surface area contributed by atoms with E-state index in [1.54, 1.807) is 0 Å². The number of nitrogens with one attached hydrogen (secondary N) is 1. The third-order valence-electron chi connectivity index (χ3n) is 2.91. The number of carbonyl (C=O) groups excluding carboxylic acids is 1. The Labute approximate surface area is 114 Å². The highest BCUT2D eigenvalue weighted by atomic mass is 32.1. The van der Waals surface area contributed by atoms with Gasteiger partial charge in [-0.1, -0.05) is 36.8 Å². The topological polar surface area (TPSA) is 55.1 Å². The Morgan fingerprint density at radius 3 is 2.67 bits per heavy atom. The minimum absolute atomic E-state index is 0.00918. The molecule has 1 amide bonds. The molecule has 0 aromatic heterocycles. The molecular formula is C14H20N2OS. The van der Waals surface area contributed by atoms with Gasteiger partial charge in [-0.05, 0) is 31.9 Å². The summed E-state index contributed by atoms with van der Waals surface area (Å²) in [6, 6.07) is 5.87. The monoisotopic (exact) mass is 264 g/mol. The molecule has 0 aliphatic rings. The van der Waals surface area contributed by atoms with E-state index in [1.165, 1.54) is 0 Å². The van der Waals surface area contributed by atoms with Gasteiger partial charge in [-0.15, -0.1) is 0 Å². The number of carbonyl (C=O) groups is 1. The average Bonchev–Trinajstić information content (AvgIpc) is 2.30. The highest BCUT2D eigenvalue weighted by molar-refractivity contribution is 7.80. The molecule has 98 valence electrons. The van der Waals surface area contributed by atoms with Gasteiger partial charge in [0.15, 0.2) is 0 Å². The van der Waals surface area contributed by atoms with E-state index in [4.69, 9.17) is 18.0 Å². The molecule has 0 spiro atoms. The number of thiocarbonyl (C=S) groups is 1. The smallest absolute Gasteiger partial charge is 0.251 e. The third-order valence-corrected chi connectivity index (χ3v) is 3.08. The molecule has 0 fully saturated rings. The van der Waals surface area contributed by atoms with Crippen molar-refractivity contribution in [3.63, 3.8) is 0 Å². The zero-order valence-electron chi connectivity index (χ0n) is 11.1. The molecule has 18 heavy (non-hydrogen) atoms. The minimum Gasteiger partial charge on any atom is -0.393 e. The van der Waals surface area contributed by atoms with E-state index >= 15 is 0 Å². The molecule has 4 heteroatoms. The van der Waals surface area contributed by atoms with E-state index in [-0.39, 0.29) is 11.9 Å². The molecule has 1 rings (SSSR count). The van der Waals surface area contributed by atoms with Crippen LogP contribution in [0.3, 0.4) is 0 Å². The zero-order valence-corrected chi connectivity index (χ0v) is 11.9. The van der Waals surface area contributed by atoms with Crippen molar-refractivity contribution < 1.29 is 4.79 Å². The highest BCUT2D eigenvalue weighted by Gasteiger charge is 2.14. The average molecular weight is 264 g/mol. The summed E-state index contributed by atoms with van der Waals surface area (Å²) in [7, 11) is 0. The van der Waals surface area contributed by atoms with Gasteiger partial charge in [0, 0.05) is 18.0 Å². The normalized spacial score (nSPS) is 11.9. The first-order chi connectivity index (χ1) is 8.43. The molecule has 3 nitrogen and oxygen atoms in total. The summed E-state index contributed by atoms with van der Waals surface area (Å²) < 4.78 is 0. The van der Waals surface area contributed by atoms with E-state index in [0.717, 1.165) is 23.1 Å². The SMILES string of the molecule is CCC(CC(N)=S)NC(=O)c1cc(C)ccc1C. The highest BCUT2D eigenvalue weighted by Crippen LogP contribution is 2.11. The summed E-state index contributed by atoms with van der Waals surface area (Å²) in [5.41, 5.74) is 8.29. The van der Waals surface area contributed by atoms with Crippen LogP contribution in [0.5, 0.6) is 0 Å². The van der Waals surface area contributed by atoms with Crippen molar-refractivity contribution in [3.05, 3.63) is 34.9 Å². The van der Waals surface area contributed by atoms with Crippen LogP contribution in [0.4, 0.5) is 0 Å². The number of hydrogen-bond acceptors (Lipinski definition) is 2. The molecule has 1 atom stereocenters. The van der Waals surface area contributed by atoms with Gasteiger partial charge in [0.2, 0.25) is 0 Å². The standard InChI is InChI=1S/C14H20N2OS/c1-4-11(8-13(15)18)16-14(17)12-7-9(2)5-6-10(12)3/h5-7,11H,4,8H2,1-3H3,(H2,15,18)(H,16,17). The van der Waals surface area contributed by atoms with Crippen LogP contribution in [0.25, 0.3) is 0 Å². The van der Waals surface area contributed by atoms with Gasteiger partial charge in [0.1, 0.15) is 0 Å². The maximum absolute atomic E-state index is 12.2. The van der Waals surface area contributed by atoms with Crippen LogP contribution >= 0.6 is 12.2 Å². The molecular weight excluding hydrogens is 244 g/mol. The second kappa shape index (κ2) is 6.50. The lowest BCUT2D eigenvalue weighted by molar-refractivity contribution is 0.0936. The fraction of sp³-hybridized carbons (Fsp3) is 0.429. The van der Waals surface area contributed by atoms with Gasteiger partial charge >= 0.3 is 0 Å². The van der Waals surface area contributed by atoms with Crippen molar-refractivity contribution >= 4 is 23.1 Å². The third kappa shape index (κ3) is 4.11. The Kier molecular flexibility index (Phi) is 5.28. The van der Waals surface area contributed by atoms with Gasteiger partial charge in [-0.3, -0.25) is 4.79 Å². The molecule has 0 aliphatic heterocycles. The summed E-state index contributed by atoms with van der Waals surface area (Å²) in [6.45, 7) is 5.91. The molecule has 1 aromatic rings. The Morgan fingerprint density at radius 1 is 1.44 bits per heavy atom. The minimum atomic E-state index is -0.0562. The van der Waals surface area contributed by atoms with Crippen molar-refractivity contribution in [1.82, 2.24) is 5.32 Å². The van der Waals surface area contributed by atoms with Crippen LogP contribution in [0.1, 0.15) is 41.3 Å². The van der Waals surface area contributed by atoms with Crippen LogP contribution < -0.4 is 11.1 Å². The Balaban J connectivity index is 2.80. The first-order valence-electron chi connectivity index (χ1n) is 6.10. The number of benzene rings is 1. The van der Waals surface area contributed by atoms with Gasteiger partial charge in [0.05, 0.1) is 4.99 Å². The Bertz CT molecular complexity index is 457. The molecule has 0 saturated heterocycles. The van der Waals surface area contributed by atoms with Crippen molar-refractivity contribution in [2.24, 2.45) is 5.73 Å². The van der Waals surface area contributed by atoms with E-state index in [1.807, 2.05) is 39.0 Å². The van der Waals surface area contributed by atoms with Gasteiger partial charge < -0.3 is 11.1 Å². The largest absolute Gasteiger partial charge is 0.393 e. The number of hydrogen-bond donors (Lipinski definition) is 2. The van der Waals surface area contributed by atoms with Gasteiger partial charge in [0.25, 0.3) is 5.91 Å². The fourth-order valence-electron chi connectivity index (χ4n) is 1.78. The maximum Gasteiger partial charge on any atom is 0.251 e.